The minimum absolute atomic E-state index is 0.00492. The van der Waals surface area contributed by atoms with E-state index < -0.39 is 35.8 Å². The van der Waals surface area contributed by atoms with Crippen molar-refractivity contribution in [1.29, 1.82) is 0 Å². The number of furan rings is 1. The highest BCUT2D eigenvalue weighted by Gasteiger charge is 2.36. The molecule has 0 aliphatic rings. The van der Waals surface area contributed by atoms with Gasteiger partial charge in [0.1, 0.15) is 5.76 Å². The molecule has 0 radical (unpaired) electrons. The molecule has 11 heteroatoms. The lowest BCUT2D eigenvalue weighted by atomic mass is 9.83. The Morgan fingerprint density at radius 2 is 1.53 bits per heavy atom. The number of nitrogens with zero attached hydrogens (tertiary/aromatic N) is 1. The lowest BCUT2D eigenvalue weighted by Gasteiger charge is -2.28. The molecule has 0 saturated carbocycles. The standard InChI is InChI=1S/C42H42F3NO7/c1-7-50-40(49)53-38(26(2)3)52-39(48)41(5,6)32-13-10-12-31(23-32)29-19-16-28(17-20-29)24-46(25-33-21-22-35(51-33)42(43,44)45)37(47)36-27(4)15-18-30-11-8-9-14-34(30)36/h8-23,26,38H,7,24-25H2,1-6H3. The molecule has 53 heavy (non-hydrogen) atoms. The van der Waals surface area contributed by atoms with Crippen LogP contribution < -0.4 is 0 Å². The van der Waals surface area contributed by atoms with E-state index in [2.05, 4.69) is 0 Å². The molecule has 5 aromatic rings. The third-order valence-electron chi connectivity index (χ3n) is 8.92. The molecular formula is C42H42F3NO7. The summed E-state index contributed by atoms with van der Waals surface area (Å²) in [7, 11) is 0. The number of esters is 1. The van der Waals surface area contributed by atoms with Crippen molar-refractivity contribution in [2.75, 3.05) is 6.61 Å². The van der Waals surface area contributed by atoms with Gasteiger partial charge in [0, 0.05) is 12.5 Å². The Balaban J connectivity index is 1.39. The molecule has 278 valence electrons. The second-order valence-electron chi connectivity index (χ2n) is 13.6. The van der Waals surface area contributed by atoms with E-state index >= 15 is 0 Å². The van der Waals surface area contributed by atoms with Crippen molar-refractivity contribution in [3.63, 3.8) is 0 Å². The maximum Gasteiger partial charge on any atom is 0.511 e. The van der Waals surface area contributed by atoms with Crippen molar-refractivity contribution in [1.82, 2.24) is 4.90 Å². The summed E-state index contributed by atoms with van der Waals surface area (Å²) >= 11 is 0. The fraction of sp³-hybridized carbons (Fsp3) is 0.310. The molecular weight excluding hydrogens is 687 g/mol. The van der Waals surface area contributed by atoms with E-state index in [-0.39, 0.29) is 37.3 Å². The summed E-state index contributed by atoms with van der Waals surface area (Å²) in [4.78, 5) is 41.0. The van der Waals surface area contributed by atoms with Gasteiger partial charge in [0.25, 0.3) is 12.2 Å². The Labute approximate surface area is 306 Å². The summed E-state index contributed by atoms with van der Waals surface area (Å²) in [6.07, 6.45) is -6.71. The Morgan fingerprint density at radius 3 is 2.19 bits per heavy atom. The highest BCUT2D eigenvalue weighted by atomic mass is 19.4. The molecule has 0 saturated heterocycles. The van der Waals surface area contributed by atoms with Gasteiger partial charge in [-0.05, 0) is 78.4 Å². The Hall–Kier alpha value is -5.58. The number of carbonyl (C=O) groups is 3. The van der Waals surface area contributed by atoms with Crippen molar-refractivity contribution in [2.45, 2.75) is 72.5 Å². The van der Waals surface area contributed by atoms with Crippen molar-refractivity contribution in [3.8, 4) is 11.1 Å². The maximum atomic E-state index is 14.2. The van der Waals surface area contributed by atoms with Gasteiger partial charge in [-0.1, -0.05) is 98.8 Å². The minimum atomic E-state index is -4.66. The number of alkyl halides is 3. The van der Waals surface area contributed by atoms with E-state index in [0.717, 1.165) is 39.1 Å². The monoisotopic (exact) mass is 729 g/mol. The van der Waals surface area contributed by atoms with E-state index in [9.17, 15) is 27.6 Å². The van der Waals surface area contributed by atoms with E-state index in [1.807, 2.05) is 91.9 Å². The number of aryl methyl sites for hydroxylation is 1. The second-order valence-corrected chi connectivity index (χ2v) is 13.6. The molecule has 4 aromatic carbocycles. The Morgan fingerprint density at radius 1 is 0.811 bits per heavy atom. The van der Waals surface area contributed by atoms with E-state index in [1.54, 1.807) is 34.6 Å². The van der Waals surface area contributed by atoms with E-state index in [1.165, 1.54) is 11.0 Å². The van der Waals surface area contributed by atoms with Gasteiger partial charge in [-0.25, -0.2) is 4.79 Å². The quantitative estimate of drug-likeness (QED) is 0.0932. The first-order valence-corrected chi connectivity index (χ1v) is 17.3. The summed E-state index contributed by atoms with van der Waals surface area (Å²) in [5.74, 6) is -2.37. The van der Waals surface area contributed by atoms with Gasteiger partial charge in [0.15, 0.2) is 0 Å². The molecule has 0 fully saturated rings. The average molecular weight is 730 g/mol. The molecule has 0 N–H and O–H groups in total. The molecule has 1 heterocycles. The molecule has 0 bridgehead atoms. The van der Waals surface area contributed by atoms with Gasteiger partial charge in [0.05, 0.1) is 24.1 Å². The van der Waals surface area contributed by atoms with Crippen LogP contribution in [0.4, 0.5) is 18.0 Å². The number of hydrogen-bond acceptors (Lipinski definition) is 7. The lowest BCUT2D eigenvalue weighted by Crippen LogP contribution is -2.38. The smallest absolute Gasteiger partial charge is 0.455 e. The van der Waals surface area contributed by atoms with Gasteiger partial charge in [-0.3, -0.25) is 9.59 Å². The zero-order valence-electron chi connectivity index (χ0n) is 30.5. The van der Waals surface area contributed by atoms with Gasteiger partial charge in [-0.15, -0.1) is 0 Å². The third kappa shape index (κ3) is 9.08. The van der Waals surface area contributed by atoms with Gasteiger partial charge >= 0.3 is 18.3 Å². The fourth-order valence-corrected chi connectivity index (χ4v) is 5.85. The van der Waals surface area contributed by atoms with Crippen LogP contribution in [0.25, 0.3) is 21.9 Å². The van der Waals surface area contributed by atoms with Crippen LogP contribution in [0.5, 0.6) is 0 Å². The Bertz CT molecular complexity index is 2080. The van der Waals surface area contributed by atoms with Crippen molar-refractivity contribution < 1.29 is 46.2 Å². The molecule has 1 unspecified atom stereocenters. The number of ether oxygens (including phenoxy) is 3. The number of halogens is 3. The summed E-state index contributed by atoms with van der Waals surface area (Å²) in [6.45, 7) is 10.5. The molecule has 8 nitrogen and oxygen atoms in total. The Kier molecular flexibility index (Phi) is 11.6. The first-order chi connectivity index (χ1) is 25.1. The molecule has 1 amide bonds. The zero-order chi connectivity index (χ0) is 38.5. The van der Waals surface area contributed by atoms with Crippen LogP contribution in [0.3, 0.4) is 0 Å². The normalized spacial score (nSPS) is 12.4. The van der Waals surface area contributed by atoms with Crippen molar-refractivity contribution in [2.24, 2.45) is 5.92 Å². The molecule has 1 aromatic heterocycles. The number of benzene rings is 4. The molecule has 0 spiro atoms. The number of rotatable bonds is 12. The molecule has 5 rings (SSSR count). The molecule has 0 aliphatic carbocycles. The van der Waals surface area contributed by atoms with Crippen LogP contribution in [0.2, 0.25) is 0 Å². The van der Waals surface area contributed by atoms with E-state index in [0.29, 0.717) is 11.1 Å². The largest absolute Gasteiger partial charge is 0.511 e. The van der Waals surface area contributed by atoms with Gasteiger partial charge in [-0.2, -0.15) is 13.2 Å². The predicted molar refractivity (Wildman–Crippen MR) is 194 cm³/mol. The van der Waals surface area contributed by atoms with Crippen LogP contribution in [0.15, 0.2) is 101 Å². The van der Waals surface area contributed by atoms with Crippen LogP contribution in [-0.2, 0) is 43.7 Å². The van der Waals surface area contributed by atoms with Crippen LogP contribution in [0, 0.1) is 12.8 Å². The second kappa shape index (κ2) is 16.0. The molecule has 0 aliphatic heterocycles. The fourth-order valence-electron chi connectivity index (χ4n) is 5.85. The summed E-state index contributed by atoms with van der Waals surface area (Å²) < 4.78 is 60.9. The van der Waals surface area contributed by atoms with Crippen LogP contribution in [0.1, 0.15) is 73.2 Å². The SMILES string of the molecule is CCOC(=O)OC(OC(=O)C(C)(C)c1cccc(-c2ccc(CN(Cc3ccc(C(F)(F)F)o3)C(=O)c3c(C)ccc4ccccc34)cc2)c1)C(C)C. The maximum absolute atomic E-state index is 14.2. The highest BCUT2D eigenvalue weighted by molar-refractivity contribution is 6.08. The first kappa shape index (κ1) is 38.6. The zero-order valence-corrected chi connectivity index (χ0v) is 30.5. The lowest BCUT2D eigenvalue weighted by molar-refractivity contribution is -0.184. The summed E-state index contributed by atoms with van der Waals surface area (Å²) in [6, 6.07) is 28.2. The molecule has 1 atom stereocenters. The number of fused-ring (bicyclic) bond motifs is 1. The predicted octanol–water partition coefficient (Wildman–Crippen LogP) is 10.2. The number of carbonyl (C=O) groups excluding carboxylic acids is 3. The summed E-state index contributed by atoms with van der Waals surface area (Å²) in [5, 5.41) is 1.61. The van der Waals surface area contributed by atoms with Gasteiger partial charge in [0.2, 0.25) is 5.76 Å². The minimum Gasteiger partial charge on any atom is -0.455 e. The number of hydrogen-bond donors (Lipinski definition) is 0. The average Bonchev–Trinajstić information content (AvgIpc) is 3.61. The van der Waals surface area contributed by atoms with Gasteiger partial charge < -0.3 is 23.5 Å². The van der Waals surface area contributed by atoms with E-state index in [4.69, 9.17) is 18.6 Å². The van der Waals surface area contributed by atoms with Crippen LogP contribution >= 0.6 is 0 Å². The van der Waals surface area contributed by atoms with Crippen molar-refractivity contribution in [3.05, 3.63) is 131 Å². The van der Waals surface area contributed by atoms with Crippen molar-refractivity contribution >= 4 is 28.8 Å². The number of amides is 1. The first-order valence-electron chi connectivity index (χ1n) is 17.3. The highest BCUT2D eigenvalue weighted by Crippen LogP contribution is 2.33. The summed E-state index contributed by atoms with van der Waals surface area (Å²) in [5.41, 5.74) is 3.14. The third-order valence-corrected chi connectivity index (χ3v) is 8.92. The van der Waals surface area contributed by atoms with Crippen LogP contribution in [-0.4, -0.2) is 35.8 Å². The topological polar surface area (TPSA) is 95.3 Å².